The lowest BCUT2D eigenvalue weighted by Crippen LogP contribution is -2.20. The molecule has 0 radical (unpaired) electrons. The molecule has 0 spiro atoms. The van der Waals surface area contributed by atoms with Crippen LogP contribution in [0.1, 0.15) is 36.2 Å². The van der Waals surface area contributed by atoms with Gasteiger partial charge < -0.3 is 5.32 Å². The lowest BCUT2D eigenvalue weighted by Gasteiger charge is -2.00. The first kappa shape index (κ1) is 14.3. The summed E-state index contributed by atoms with van der Waals surface area (Å²) < 4.78 is 0. The van der Waals surface area contributed by atoms with Gasteiger partial charge in [-0.25, -0.2) is 0 Å². The monoisotopic (exact) mass is 263 g/mol. The van der Waals surface area contributed by atoms with Crippen molar-refractivity contribution in [3.8, 4) is 11.8 Å². The van der Waals surface area contributed by atoms with Gasteiger partial charge in [0.2, 0.25) is 5.91 Å². The first-order valence-corrected chi connectivity index (χ1v) is 5.92. The first-order valence-electron chi connectivity index (χ1n) is 5.54. The van der Waals surface area contributed by atoms with E-state index in [1.165, 1.54) is 13.8 Å². The number of Topliss-reactive ketones (excluding diaryl/α,β-unsaturated/α-hetero) is 1. The van der Waals surface area contributed by atoms with Crippen molar-refractivity contribution in [3.05, 3.63) is 34.3 Å². The van der Waals surface area contributed by atoms with Gasteiger partial charge in [-0.3, -0.25) is 9.59 Å². The third kappa shape index (κ3) is 4.60. The maximum atomic E-state index is 11.3. The lowest BCUT2D eigenvalue weighted by molar-refractivity contribution is -0.118. The van der Waals surface area contributed by atoms with Crippen LogP contribution in [0.15, 0.2) is 18.2 Å². The molecule has 0 aliphatic rings. The summed E-state index contributed by atoms with van der Waals surface area (Å²) in [4.78, 5) is 21.9. The Bertz CT molecular complexity index is 526. The number of halogens is 1. The molecule has 0 heterocycles. The summed E-state index contributed by atoms with van der Waals surface area (Å²) in [6.07, 6.45) is 0.567. The van der Waals surface area contributed by atoms with Crippen molar-refractivity contribution in [1.82, 2.24) is 5.32 Å². The fraction of sp³-hybridized carbons (Fsp3) is 0.286. The Morgan fingerprint density at radius 2 is 2.06 bits per heavy atom. The molecule has 0 unspecified atom stereocenters. The van der Waals surface area contributed by atoms with Crippen LogP contribution in [0, 0.1) is 11.8 Å². The number of hydrogen-bond acceptors (Lipinski definition) is 2. The van der Waals surface area contributed by atoms with E-state index in [4.69, 9.17) is 11.6 Å². The van der Waals surface area contributed by atoms with Crippen molar-refractivity contribution in [3.63, 3.8) is 0 Å². The molecule has 0 aromatic heterocycles. The number of carbonyl (C=O) groups is 2. The summed E-state index contributed by atoms with van der Waals surface area (Å²) >= 11 is 5.89. The third-order valence-corrected chi connectivity index (χ3v) is 2.53. The zero-order valence-electron chi connectivity index (χ0n) is 10.3. The highest BCUT2D eigenvalue weighted by molar-refractivity contribution is 6.33. The first-order chi connectivity index (χ1) is 8.50. The Kier molecular flexibility index (Phi) is 5.41. The number of hydrogen-bond donors (Lipinski definition) is 1. The summed E-state index contributed by atoms with van der Waals surface area (Å²) in [5, 5.41) is 3.09. The molecule has 1 amide bonds. The highest BCUT2D eigenvalue weighted by Crippen LogP contribution is 2.17. The average Bonchev–Trinajstić information content (AvgIpc) is 2.30. The van der Waals surface area contributed by atoms with E-state index < -0.39 is 0 Å². The fourth-order valence-corrected chi connectivity index (χ4v) is 1.59. The van der Waals surface area contributed by atoms with Crippen LogP contribution in [0.25, 0.3) is 0 Å². The lowest BCUT2D eigenvalue weighted by atomic mass is 10.1. The van der Waals surface area contributed by atoms with Gasteiger partial charge in [-0.2, -0.15) is 0 Å². The Morgan fingerprint density at radius 3 is 2.67 bits per heavy atom. The highest BCUT2D eigenvalue weighted by Gasteiger charge is 2.05. The predicted molar refractivity (Wildman–Crippen MR) is 71.6 cm³/mol. The van der Waals surface area contributed by atoms with E-state index in [0.29, 0.717) is 23.6 Å². The molecule has 0 aliphatic carbocycles. The molecule has 0 fully saturated rings. The topological polar surface area (TPSA) is 46.2 Å². The molecule has 0 saturated heterocycles. The molecule has 0 aliphatic heterocycles. The Balaban J connectivity index is 2.68. The maximum Gasteiger partial charge on any atom is 0.216 e. The van der Waals surface area contributed by atoms with Gasteiger partial charge in [-0.05, 0) is 25.1 Å². The van der Waals surface area contributed by atoms with E-state index in [2.05, 4.69) is 17.2 Å². The van der Waals surface area contributed by atoms with Gasteiger partial charge in [-0.15, -0.1) is 0 Å². The SMILES string of the molecule is CC(=O)NCCC#Cc1ccc(Cl)c(C(C)=O)c1. The zero-order chi connectivity index (χ0) is 13.5. The van der Waals surface area contributed by atoms with Gasteiger partial charge in [0.1, 0.15) is 0 Å². The molecule has 4 heteroatoms. The standard InChI is InChI=1S/C14H14ClNO2/c1-10(17)13-9-12(6-7-14(13)15)5-3-4-8-16-11(2)18/h6-7,9H,4,8H2,1-2H3,(H,16,18). The molecule has 1 N–H and O–H groups in total. The largest absolute Gasteiger partial charge is 0.355 e. The number of ketones is 1. The Hall–Kier alpha value is -1.79. The molecule has 18 heavy (non-hydrogen) atoms. The third-order valence-electron chi connectivity index (χ3n) is 2.20. The summed E-state index contributed by atoms with van der Waals surface area (Å²) in [5.41, 5.74) is 1.22. The second kappa shape index (κ2) is 6.83. The smallest absolute Gasteiger partial charge is 0.216 e. The average molecular weight is 264 g/mol. The van der Waals surface area contributed by atoms with Gasteiger partial charge >= 0.3 is 0 Å². The summed E-state index contributed by atoms with van der Waals surface area (Å²) in [6.45, 7) is 3.45. The number of amides is 1. The van der Waals surface area contributed by atoms with Crippen LogP contribution < -0.4 is 5.32 Å². The van der Waals surface area contributed by atoms with Gasteiger partial charge in [0, 0.05) is 31.0 Å². The molecule has 1 aromatic rings. The van der Waals surface area contributed by atoms with Crippen LogP contribution in [0.2, 0.25) is 5.02 Å². The molecule has 0 saturated carbocycles. The quantitative estimate of drug-likeness (QED) is 0.517. The molecule has 3 nitrogen and oxygen atoms in total. The van der Waals surface area contributed by atoms with Crippen molar-refractivity contribution < 1.29 is 9.59 Å². The van der Waals surface area contributed by atoms with Crippen LogP contribution in [-0.4, -0.2) is 18.2 Å². The van der Waals surface area contributed by atoms with Crippen molar-refractivity contribution in [2.45, 2.75) is 20.3 Å². The molecule has 0 atom stereocenters. The van der Waals surface area contributed by atoms with E-state index in [1.54, 1.807) is 18.2 Å². The van der Waals surface area contributed by atoms with E-state index in [1.807, 2.05) is 0 Å². The van der Waals surface area contributed by atoms with Crippen LogP contribution in [0.4, 0.5) is 0 Å². The minimum atomic E-state index is -0.0816. The second-order valence-electron chi connectivity index (χ2n) is 3.79. The molecule has 0 bridgehead atoms. The number of nitrogens with one attached hydrogen (secondary N) is 1. The molecule has 1 rings (SSSR count). The van der Waals surface area contributed by atoms with Crippen molar-refractivity contribution >= 4 is 23.3 Å². The van der Waals surface area contributed by atoms with Gasteiger partial charge in [0.15, 0.2) is 5.78 Å². The molecule has 1 aromatic carbocycles. The van der Waals surface area contributed by atoms with Gasteiger partial charge in [0.05, 0.1) is 5.02 Å². The van der Waals surface area contributed by atoms with Gasteiger partial charge in [-0.1, -0.05) is 23.4 Å². The normalized spacial score (nSPS) is 9.28. The van der Waals surface area contributed by atoms with Crippen LogP contribution in [0.3, 0.4) is 0 Å². The van der Waals surface area contributed by atoms with Crippen molar-refractivity contribution in [1.29, 1.82) is 0 Å². The summed E-state index contributed by atoms with van der Waals surface area (Å²) in [7, 11) is 0. The van der Waals surface area contributed by atoms with E-state index in [0.717, 1.165) is 5.56 Å². The number of benzene rings is 1. The van der Waals surface area contributed by atoms with Crippen LogP contribution in [-0.2, 0) is 4.79 Å². The molecule has 94 valence electrons. The van der Waals surface area contributed by atoms with Gasteiger partial charge in [0.25, 0.3) is 0 Å². The second-order valence-corrected chi connectivity index (χ2v) is 4.19. The van der Waals surface area contributed by atoms with E-state index in [-0.39, 0.29) is 11.7 Å². The predicted octanol–water partition coefficient (Wildman–Crippen LogP) is 2.42. The molecular formula is C14H14ClNO2. The zero-order valence-corrected chi connectivity index (χ0v) is 11.1. The van der Waals surface area contributed by atoms with Crippen molar-refractivity contribution in [2.24, 2.45) is 0 Å². The summed E-state index contributed by atoms with van der Waals surface area (Å²) in [6, 6.07) is 5.10. The number of rotatable bonds is 3. The van der Waals surface area contributed by atoms with E-state index in [9.17, 15) is 9.59 Å². The molecular weight excluding hydrogens is 250 g/mol. The minimum Gasteiger partial charge on any atom is -0.355 e. The highest BCUT2D eigenvalue weighted by atomic mass is 35.5. The van der Waals surface area contributed by atoms with Crippen molar-refractivity contribution in [2.75, 3.05) is 6.54 Å². The summed E-state index contributed by atoms with van der Waals surface area (Å²) in [5.74, 6) is 5.70. The van der Waals surface area contributed by atoms with Crippen LogP contribution in [0.5, 0.6) is 0 Å². The Morgan fingerprint density at radius 1 is 1.33 bits per heavy atom. The Labute approximate surface area is 112 Å². The minimum absolute atomic E-state index is 0.0674. The maximum absolute atomic E-state index is 11.3. The van der Waals surface area contributed by atoms with E-state index >= 15 is 0 Å². The number of carbonyl (C=O) groups excluding carboxylic acids is 2. The van der Waals surface area contributed by atoms with Crippen LogP contribution >= 0.6 is 11.6 Å². The fourth-order valence-electron chi connectivity index (χ4n) is 1.34.